The molecule has 0 bridgehead atoms. The number of hydrogen-bond acceptors (Lipinski definition) is 4. The van der Waals surface area contributed by atoms with Crippen LogP contribution in [0.2, 0.25) is 0 Å². The standard InChI is InChI=1S/C12H19NO3/c1-8-6-9(2-3-10(8)7-14)12(16)11(15)4-5-13/h2-3,6,11-12,14-16H,4-5,7,13H2,1H3. The minimum atomic E-state index is -0.921. The third kappa shape index (κ3) is 3.02. The first-order chi connectivity index (χ1) is 7.60. The number of aliphatic hydroxyl groups excluding tert-OH is 3. The maximum Gasteiger partial charge on any atom is 0.105 e. The van der Waals surface area contributed by atoms with Crippen molar-refractivity contribution in [2.75, 3.05) is 6.54 Å². The van der Waals surface area contributed by atoms with Gasteiger partial charge in [0.2, 0.25) is 0 Å². The van der Waals surface area contributed by atoms with E-state index in [0.717, 1.165) is 11.1 Å². The van der Waals surface area contributed by atoms with Gasteiger partial charge in [0, 0.05) is 0 Å². The molecule has 0 aliphatic carbocycles. The summed E-state index contributed by atoms with van der Waals surface area (Å²) in [6, 6.07) is 5.24. The lowest BCUT2D eigenvalue weighted by Crippen LogP contribution is -2.21. The zero-order chi connectivity index (χ0) is 12.1. The minimum absolute atomic E-state index is 0.0203. The molecule has 5 N–H and O–H groups in total. The van der Waals surface area contributed by atoms with Gasteiger partial charge in [0.15, 0.2) is 0 Å². The fourth-order valence-corrected chi connectivity index (χ4v) is 1.63. The van der Waals surface area contributed by atoms with E-state index in [9.17, 15) is 10.2 Å². The molecule has 90 valence electrons. The van der Waals surface area contributed by atoms with Crippen molar-refractivity contribution in [3.63, 3.8) is 0 Å². The molecular formula is C12H19NO3. The molecule has 4 nitrogen and oxygen atoms in total. The second-order valence-electron chi connectivity index (χ2n) is 3.93. The van der Waals surface area contributed by atoms with E-state index < -0.39 is 12.2 Å². The van der Waals surface area contributed by atoms with E-state index in [4.69, 9.17) is 10.8 Å². The number of aryl methyl sites for hydroxylation is 1. The highest BCUT2D eigenvalue weighted by Gasteiger charge is 2.17. The van der Waals surface area contributed by atoms with Gasteiger partial charge in [-0.1, -0.05) is 18.2 Å². The van der Waals surface area contributed by atoms with Gasteiger partial charge in [0.25, 0.3) is 0 Å². The monoisotopic (exact) mass is 225 g/mol. The summed E-state index contributed by atoms with van der Waals surface area (Å²) in [4.78, 5) is 0. The van der Waals surface area contributed by atoms with Gasteiger partial charge in [-0.05, 0) is 36.6 Å². The van der Waals surface area contributed by atoms with Gasteiger partial charge in [-0.3, -0.25) is 0 Å². The molecule has 1 aromatic rings. The number of nitrogens with two attached hydrogens (primary N) is 1. The predicted molar refractivity (Wildman–Crippen MR) is 61.7 cm³/mol. The predicted octanol–water partition coefficient (Wildman–Crippen LogP) is 0.230. The average molecular weight is 225 g/mol. The third-order valence-electron chi connectivity index (χ3n) is 2.71. The maximum atomic E-state index is 9.84. The summed E-state index contributed by atoms with van der Waals surface area (Å²) in [5.41, 5.74) is 7.69. The van der Waals surface area contributed by atoms with Crippen LogP contribution in [0.25, 0.3) is 0 Å². The molecule has 2 unspecified atom stereocenters. The van der Waals surface area contributed by atoms with E-state index in [2.05, 4.69) is 0 Å². The molecule has 16 heavy (non-hydrogen) atoms. The molecule has 0 saturated carbocycles. The molecule has 0 amide bonds. The van der Waals surface area contributed by atoms with Crippen LogP contribution < -0.4 is 5.73 Å². The van der Waals surface area contributed by atoms with Crippen LogP contribution in [-0.2, 0) is 6.61 Å². The van der Waals surface area contributed by atoms with Gasteiger partial charge in [-0.25, -0.2) is 0 Å². The lowest BCUT2D eigenvalue weighted by molar-refractivity contribution is 0.0150. The molecule has 0 spiro atoms. The highest BCUT2D eigenvalue weighted by molar-refractivity contribution is 5.32. The molecule has 2 atom stereocenters. The second-order valence-corrected chi connectivity index (χ2v) is 3.93. The largest absolute Gasteiger partial charge is 0.392 e. The summed E-state index contributed by atoms with van der Waals surface area (Å²) in [5, 5.41) is 28.5. The van der Waals surface area contributed by atoms with E-state index in [1.165, 1.54) is 0 Å². The quantitative estimate of drug-likeness (QED) is 0.578. The summed E-state index contributed by atoms with van der Waals surface area (Å²) in [6.45, 7) is 2.18. The van der Waals surface area contributed by atoms with Crippen LogP contribution in [0.5, 0.6) is 0 Å². The molecular weight excluding hydrogens is 206 g/mol. The van der Waals surface area contributed by atoms with Crippen molar-refractivity contribution in [3.8, 4) is 0 Å². The van der Waals surface area contributed by atoms with E-state index in [1.54, 1.807) is 18.2 Å². The molecule has 0 aliphatic rings. The Morgan fingerprint density at radius 3 is 2.50 bits per heavy atom. The van der Waals surface area contributed by atoms with Crippen molar-refractivity contribution in [2.45, 2.75) is 32.2 Å². The van der Waals surface area contributed by atoms with Crippen LogP contribution in [0.3, 0.4) is 0 Å². The Bertz CT molecular complexity index is 341. The van der Waals surface area contributed by atoms with Crippen LogP contribution in [0, 0.1) is 6.92 Å². The first kappa shape index (κ1) is 13.1. The van der Waals surface area contributed by atoms with Gasteiger partial charge < -0.3 is 21.1 Å². The zero-order valence-corrected chi connectivity index (χ0v) is 9.43. The Kier molecular flexibility index (Phi) is 4.89. The highest BCUT2D eigenvalue weighted by atomic mass is 16.3. The van der Waals surface area contributed by atoms with Gasteiger partial charge in [0.05, 0.1) is 12.7 Å². The normalized spacial score (nSPS) is 14.8. The van der Waals surface area contributed by atoms with Crippen molar-refractivity contribution >= 4 is 0 Å². The van der Waals surface area contributed by atoms with Gasteiger partial charge in [0.1, 0.15) is 6.10 Å². The number of benzene rings is 1. The Hall–Kier alpha value is -0.940. The SMILES string of the molecule is Cc1cc(C(O)C(O)CCN)ccc1CO. The Morgan fingerprint density at radius 2 is 2.00 bits per heavy atom. The summed E-state index contributed by atoms with van der Waals surface area (Å²) in [6.07, 6.45) is -1.40. The molecule has 0 radical (unpaired) electrons. The fourth-order valence-electron chi connectivity index (χ4n) is 1.63. The lowest BCUT2D eigenvalue weighted by Gasteiger charge is -2.18. The first-order valence-electron chi connectivity index (χ1n) is 5.36. The summed E-state index contributed by atoms with van der Waals surface area (Å²) in [7, 11) is 0. The van der Waals surface area contributed by atoms with E-state index >= 15 is 0 Å². The zero-order valence-electron chi connectivity index (χ0n) is 9.43. The smallest absolute Gasteiger partial charge is 0.105 e. The maximum absolute atomic E-state index is 9.84. The van der Waals surface area contributed by atoms with Gasteiger partial charge in [-0.15, -0.1) is 0 Å². The van der Waals surface area contributed by atoms with Crippen LogP contribution in [0.4, 0.5) is 0 Å². The molecule has 0 aromatic heterocycles. The summed E-state index contributed by atoms with van der Waals surface area (Å²) >= 11 is 0. The average Bonchev–Trinajstić information content (AvgIpc) is 2.28. The second kappa shape index (κ2) is 5.96. The van der Waals surface area contributed by atoms with Gasteiger partial charge >= 0.3 is 0 Å². The number of hydrogen-bond donors (Lipinski definition) is 4. The number of rotatable bonds is 5. The molecule has 0 aliphatic heterocycles. The molecule has 1 aromatic carbocycles. The highest BCUT2D eigenvalue weighted by Crippen LogP contribution is 2.21. The van der Waals surface area contributed by atoms with Crippen molar-refractivity contribution in [2.24, 2.45) is 5.73 Å². The minimum Gasteiger partial charge on any atom is -0.392 e. The summed E-state index contributed by atoms with van der Waals surface area (Å²) in [5.74, 6) is 0. The lowest BCUT2D eigenvalue weighted by atomic mass is 9.98. The van der Waals surface area contributed by atoms with E-state index in [1.807, 2.05) is 6.92 Å². The first-order valence-corrected chi connectivity index (χ1v) is 5.36. The van der Waals surface area contributed by atoms with Crippen molar-refractivity contribution in [1.82, 2.24) is 0 Å². The third-order valence-corrected chi connectivity index (χ3v) is 2.71. The van der Waals surface area contributed by atoms with Crippen LogP contribution in [-0.4, -0.2) is 28.0 Å². The van der Waals surface area contributed by atoms with Crippen LogP contribution in [0.15, 0.2) is 18.2 Å². The summed E-state index contributed by atoms with van der Waals surface area (Å²) < 4.78 is 0. The van der Waals surface area contributed by atoms with Crippen molar-refractivity contribution < 1.29 is 15.3 Å². The Morgan fingerprint density at radius 1 is 1.31 bits per heavy atom. The Labute approximate surface area is 95.3 Å². The van der Waals surface area contributed by atoms with E-state index in [-0.39, 0.29) is 6.61 Å². The van der Waals surface area contributed by atoms with Gasteiger partial charge in [-0.2, -0.15) is 0 Å². The van der Waals surface area contributed by atoms with E-state index in [0.29, 0.717) is 18.5 Å². The molecule has 1 rings (SSSR count). The van der Waals surface area contributed by atoms with Crippen LogP contribution >= 0.6 is 0 Å². The van der Waals surface area contributed by atoms with Crippen LogP contribution in [0.1, 0.15) is 29.2 Å². The van der Waals surface area contributed by atoms with Crippen molar-refractivity contribution in [1.29, 1.82) is 0 Å². The van der Waals surface area contributed by atoms with Crippen molar-refractivity contribution in [3.05, 3.63) is 34.9 Å². The fraction of sp³-hybridized carbons (Fsp3) is 0.500. The number of aliphatic hydroxyl groups is 3. The molecule has 0 saturated heterocycles. The molecule has 4 heteroatoms. The topological polar surface area (TPSA) is 86.7 Å². The molecule has 0 heterocycles. The Balaban J connectivity index is 2.84. The molecule has 0 fully saturated rings.